The molecule has 0 aliphatic heterocycles. The zero-order valence-electron chi connectivity index (χ0n) is 17.0. The molecule has 0 spiro atoms. The Labute approximate surface area is 184 Å². The first kappa shape index (κ1) is 19.3. The van der Waals surface area contributed by atoms with Crippen molar-refractivity contribution in [2.75, 3.05) is 6.54 Å². The van der Waals surface area contributed by atoms with Gasteiger partial charge >= 0.3 is 0 Å². The zero-order chi connectivity index (χ0) is 20.9. The van der Waals surface area contributed by atoms with Gasteiger partial charge in [-0.1, -0.05) is 78.9 Å². The van der Waals surface area contributed by atoms with Crippen molar-refractivity contribution < 1.29 is 0 Å². The summed E-state index contributed by atoms with van der Waals surface area (Å²) < 4.78 is 1.95. The highest BCUT2D eigenvalue weighted by Crippen LogP contribution is 2.20. The number of H-pyrrole nitrogens is 1. The maximum absolute atomic E-state index is 4.87. The summed E-state index contributed by atoms with van der Waals surface area (Å²) in [6.45, 7) is 0.724. The van der Waals surface area contributed by atoms with E-state index in [1.165, 1.54) is 5.56 Å². The number of aromatic amines is 1. The van der Waals surface area contributed by atoms with Gasteiger partial charge in [0.2, 0.25) is 4.80 Å². The van der Waals surface area contributed by atoms with Crippen molar-refractivity contribution in [3.05, 3.63) is 112 Å². The molecule has 3 aromatic carbocycles. The number of thiazole rings is 1. The van der Waals surface area contributed by atoms with Gasteiger partial charge < -0.3 is 4.98 Å². The number of hydrogen-bond donors (Lipinski definition) is 1. The molecule has 0 saturated heterocycles. The van der Waals surface area contributed by atoms with E-state index in [-0.39, 0.29) is 0 Å². The van der Waals surface area contributed by atoms with Crippen LogP contribution < -0.4 is 4.80 Å². The third-order valence-electron chi connectivity index (χ3n) is 5.18. The van der Waals surface area contributed by atoms with Crippen LogP contribution >= 0.6 is 11.3 Å². The lowest BCUT2D eigenvalue weighted by Gasteiger charge is -2.03. The van der Waals surface area contributed by atoms with Crippen molar-refractivity contribution in [3.8, 4) is 11.3 Å². The third kappa shape index (κ3) is 4.27. The van der Waals surface area contributed by atoms with Crippen LogP contribution in [0, 0.1) is 0 Å². The Morgan fingerprint density at radius 1 is 0.871 bits per heavy atom. The van der Waals surface area contributed by atoms with Crippen LogP contribution in [0.2, 0.25) is 0 Å². The lowest BCUT2D eigenvalue weighted by molar-refractivity contribution is 0.816. The van der Waals surface area contributed by atoms with Gasteiger partial charge in [0.05, 0.1) is 11.9 Å². The lowest BCUT2D eigenvalue weighted by atomic mass is 10.2. The van der Waals surface area contributed by atoms with Gasteiger partial charge in [-0.2, -0.15) is 5.10 Å². The molecular formula is C26H22N4S. The summed E-state index contributed by atoms with van der Waals surface area (Å²) in [4.78, 5) is 9.07. The Morgan fingerprint density at radius 3 is 2.45 bits per heavy atom. The second-order valence-electron chi connectivity index (χ2n) is 7.23. The SMILES string of the molecule is C(=N\n1c(-c2ccccc2)csc1=NCCc1ccccc1)/c1c[nH]c2ccccc12. The number of benzene rings is 3. The van der Waals surface area contributed by atoms with Gasteiger partial charge in [0.15, 0.2) is 0 Å². The normalized spacial score (nSPS) is 12.2. The number of nitrogens with zero attached hydrogens (tertiary/aromatic N) is 3. The second kappa shape index (κ2) is 8.98. The molecule has 1 N–H and O–H groups in total. The standard InChI is InChI=1S/C26H22N4S/c1-3-9-20(10-4-1)15-16-27-26-30(25(19-31-26)21-11-5-2-6-12-21)29-18-22-17-28-24-14-8-7-13-23(22)24/h1-14,17-19,28H,15-16H2/b27-26?,29-18+. The van der Waals surface area contributed by atoms with Gasteiger partial charge in [-0.3, -0.25) is 4.99 Å². The predicted molar refractivity (Wildman–Crippen MR) is 130 cm³/mol. The van der Waals surface area contributed by atoms with Gasteiger partial charge in [0.25, 0.3) is 0 Å². The lowest BCUT2D eigenvalue weighted by Crippen LogP contribution is -2.13. The third-order valence-corrected chi connectivity index (χ3v) is 6.03. The number of para-hydroxylation sites is 1. The summed E-state index contributed by atoms with van der Waals surface area (Å²) in [6.07, 6.45) is 4.81. The van der Waals surface area contributed by atoms with Crippen molar-refractivity contribution in [1.29, 1.82) is 0 Å². The maximum Gasteiger partial charge on any atom is 0.206 e. The van der Waals surface area contributed by atoms with Gasteiger partial charge in [0, 0.05) is 40.2 Å². The molecule has 5 rings (SSSR count). The highest BCUT2D eigenvalue weighted by atomic mass is 32.1. The number of fused-ring (bicyclic) bond motifs is 1. The molecule has 152 valence electrons. The maximum atomic E-state index is 4.87. The average Bonchev–Trinajstić information content (AvgIpc) is 3.43. The minimum atomic E-state index is 0.724. The van der Waals surface area contributed by atoms with Crippen LogP contribution in [0.25, 0.3) is 22.2 Å². The smallest absolute Gasteiger partial charge is 0.206 e. The summed E-state index contributed by atoms with van der Waals surface area (Å²) in [6, 6.07) is 29.1. The summed E-state index contributed by atoms with van der Waals surface area (Å²) >= 11 is 1.62. The molecule has 2 aromatic heterocycles. The van der Waals surface area contributed by atoms with Crippen LogP contribution in [0.5, 0.6) is 0 Å². The molecule has 0 bridgehead atoms. The fraction of sp³-hybridized carbons (Fsp3) is 0.0769. The Kier molecular flexibility index (Phi) is 5.58. The van der Waals surface area contributed by atoms with E-state index in [0.717, 1.165) is 45.5 Å². The quantitative estimate of drug-likeness (QED) is 0.340. The molecule has 5 heteroatoms. The van der Waals surface area contributed by atoms with Crippen molar-refractivity contribution >= 4 is 28.5 Å². The minimum Gasteiger partial charge on any atom is -0.361 e. The molecule has 0 amide bonds. The van der Waals surface area contributed by atoms with Gasteiger partial charge in [-0.15, -0.1) is 11.3 Å². The van der Waals surface area contributed by atoms with Gasteiger partial charge in [0.1, 0.15) is 0 Å². The molecule has 0 atom stereocenters. The minimum absolute atomic E-state index is 0.724. The van der Waals surface area contributed by atoms with Gasteiger partial charge in [-0.05, 0) is 18.1 Å². The van der Waals surface area contributed by atoms with E-state index in [1.54, 1.807) is 11.3 Å². The Morgan fingerprint density at radius 2 is 1.61 bits per heavy atom. The summed E-state index contributed by atoms with van der Waals surface area (Å²) in [5.41, 5.74) is 5.62. The van der Waals surface area contributed by atoms with E-state index in [9.17, 15) is 0 Å². The van der Waals surface area contributed by atoms with Crippen LogP contribution in [0.15, 0.2) is 107 Å². The van der Waals surface area contributed by atoms with Crippen LogP contribution in [-0.4, -0.2) is 22.4 Å². The first-order valence-corrected chi connectivity index (χ1v) is 11.2. The number of aromatic nitrogens is 2. The molecule has 31 heavy (non-hydrogen) atoms. The van der Waals surface area contributed by atoms with E-state index in [1.807, 2.05) is 53.5 Å². The molecule has 2 heterocycles. The highest BCUT2D eigenvalue weighted by molar-refractivity contribution is 7.07. The van der Waals surface area contributed by atoms with E-state index in [2.05, 4.69) is 58.9 Å². The Balaban J connectivity index is 1.51. The second-order valence-corrected chi connectivity index (χ2v) is 8.07. The van der Waals surface area contributed by atoms with Gasteiger partial charge in [-0.25, -0.2) is 4.68 Å². The number of rotatable bonds is 6. The average molecular weight is 423 g/mol. The van der Waals surface area contributed by atoms with E-state index in [0.29, 0.717) is 0 Å². The van der Waals surface area contributed by atoms with Crippen LogP contribution in [0.4, 0.5) is 0 Å². The molecule has 0 saturated carbocycles. The van der Waals surface area contributed by atoms with Crippen LogP contribution in [0.1, 0.15) is 11.1 Å². The zero-order valence-corrected chi connectivity index (χ0v) is 17.8. The van der Waals surface area contributed by atoms with Crippen molar-refractivity contribution in [1.82, 2.24) is 9.66 Å². The van der Waals surface area contributed by atoms with E-state index < -0.39 is 0 Å². The first-order valence-electron chi connectivity index (χ1n) is 10.3. The van der Waals surface area contributed by atoms with E-state index in [4.69, 9.17) is 10.1 Å². The molecule has 0 unspecified atom stereocenters. The Bertz CT molecular complexity index is 1380. The number of nitrogens with one attached hydrogen (secondary N) is 1. The topological polar surface area (TPSA) is 45.4 Å². The largest absolute Gasteiger partial charge is 0.361 e. The van der Waals surface area contributed by atoms with Crippen LogP contribution in [-0.2, 0) is 6.42 Å². The summed E-state index contributed by atoms with van der Waals surface area (Å²) in [7, 11) is 0. The molecule has 5 aromatic rings. The molecular weight excluding hydrogens is 400 g/mol. The van der Waals surface area contributed by atoms with Crippen LogP contribution in [0.3, 0.4) is 0 Å². The fourth-order valence-electron chi connectivity index (χ4n) is 3.57. The van der Waals surface area contributed by atoms with Crippen molar-refractivity contribution in [2.45, 2.75) is 6.42 Å². The fourth-order valence-corrected chi connectivity index (χ4v) is 4.44. The highest BCUT2D eigenvalue weighted by Gasteiger charge is 2.07. The molecule has 4 nitrogen and oxygen atoms in total. The Hall–Kier alpha value is -3.70. The molecule has 0 radical (unpaired) electrons. The first-order chi connectivity index (χ1) is 15.4. The summed E-state index contributed by atoms with van der Waals surface area (Å²) in [5.74, 6) is 0. The van der Waals surface area contributed by atoms with Crippen molar-refractivity contribution in [3.63, 3.8) is 0 Å². The number of hydrogen-bond acceptors (Lipinski definition) is 3. The summed E-state index contributed by atoms with van der Waals surface area (Å²) in [5, 5.41) is 8.14. The monoisotopic (exact) mass is 422 g/mol. The predicted octanol–water partition coefficient (Wildman–Crippen LogP) is 5.72. The van der Waals surface area contributed by atoms with E-state index >= 15 is 0 Å². The molecule has 0 fully saturated rings. The molecule has 0 aliphatic carbocycles. The molecule has 0 aliphatic rings. The van der Waals surface area contributed by atoms with Crippen molar-refractivity contribution in [2.24, 2.45) is 10.1 Å².